The van der Waals surface area contributed by atoms with E-state index in [0.29, 0.717) is 50.5 Å². The van der Waals surface area contributed by atoms with Crippen LogP contribution in [0.2, 0.25) is 10.0 Å². The zero-order valence-corrected chi connectivity index (χ0v) is 24.5. The Balaban J connectivity index is 1.72. The first-order valence-corrected chi connectivity index (χ1v) is 14.5. The zero-order valence-electron chi connectivity index (χ0n) is 22.1. The fourth-order valence-corrected chi connectivity index (χ4v) is 5.94. The molecule has 0 aliphatic carbocycles. The van der Waals surface area contributed by atoms with E-state index in [9.17, 15) is 17.8 Å². The lowest BCUT2D eigenvalue weighted by atomic mass is 9.85. The quantitative estimate of drug-likeness (QED) is 0.327. The van der Waals surface area contributed by atoms with Crippen molar-refractivity contribution in [2.45, 2.75) is 23.3 Å². The number of ether oxygens (including phenoxy) is 4. The molecule has 0 spiro atoms. The van der Waals surface area contributed by atoms with Crippen LogP contribution < -0.4 is 14.2 Å². The number of nitrogens with zero attached hydrogens (tertiary/aromatic N) is 1. The largest absolute Gasteiger partial charge is 0.493 e. The number of carbonyl (C=O) groups is 1. The maximum Gasteiger partial charge on any atom is 0.294 e. The average molecular weight is 611 g/mol. The SMILES string of the molecule is COc1cc(C(=O)N2CCO[C@](CCc3ccccc3S(=O)(=O)O)(c3ccc(Cl)c(Cl)c3)C2)cc(OC)c1OC. The summed E-state index contributed by atoms with van der Waals surface area (Å²) >= 11 is 12.6. The zero-order chi connectivity index (χ0) is 29.1. The van der Waals surface area contributed by atoms with Crippen molar-refractivity contribution in [1.82, 2.24) is 4.90 Å². The van der Waals surface area contributed by atoms with Crippen LogP contribution in [0, 0.1) is 0 Å². The van der Waals surface area contributed by atoms with E-state index in [1.165, 1.54) is 33.5 Å². The van der Waals surface area contributed by atoms with Gasteiger partial charge in [-0.25, -0.2) is 0 Å². The Hall–Kier alpha value is -3.02. The lowest BCUT2D eigenvalue weighted by Crippen LogP contribution is -2.52. The number of carbonyl (C=O) groups excluding carboxylic acids is 1. The van der Waals surface area contributed by atoms with Gasteiger partial charge in [0.2, 0.25) is 5.75 Å². The van der Waals surface area contributed by atoms with Crippen LogP contribution in [0.5, 0.6) is 17.2 Å². The van der Waals surface area contributed by atoms with Gasteiger partial charge in [-0.15, -0.1) is 0 Å². The number of amides is 1. The van der Waals surface area contributed by atoms with Crippen LogP contribution in [-0.4, -0.2) is 64.8 Å². The van der Waals surface area contributed by atoms with Crippen molar-refractivity contribution in [3.8, 4) is 17.2 Å². The summed E-state index contributed by atoms with van der Waals surface area (Å²) in [5.74, 6) is 0.767. The van der Waals surface area contributed by atoms with Gasteiger partial charge in [-0.05, 0) is 54.3 Å². The standard InChI is InChI=1S/C28H29Cl2NO8S/c1-36-23-14-19(15-24(37-2)26(23)38-3)27(32)31-12-13-39-28(17-31,20-8-9-21(29)22(30)16-20)11-10-18-6-4-5-7-25(18)40(33,34)35/h4-9,14-16H,10-13,17H2,1-3H3,(H,33,34,35)/t28-/m0/s1. The molecule has 4 rings (SSSR count). The number of hydrogen-bond donors (Lipinski definition) is 1. The summed E-state index contributed by atoms with van der Waals surface area (Å²) in [6.07, 6.45) is 0.499. The van der Waals surface area contributed by atoms with E-state index in [1.54, 1.807) is 47.4 Å². The summed E-state index contributed by atoms with van der Waals surface area (Å²) in [6, 6.07) is 14.5. The first kappa shape index (κ1) is 30.0. The predicted molar refractivity (Wildman–Crippen MR) is 151 cm³/mol. The molecule has 1 fully saturated rings. The van der Waals surface area contributed by atoms with Crippen LogP contribution in [0.4, 0.5) is 0 Å². The molecule has 1 atom stereocenters. The van der Waals surface area contributed by atoms with E-state index in [4.69, 9.17) is 42.1 Å². The van der Waals surface area contributed by atoms with Gasteiger partial charge in [-0.2, -0.15) is 8.42 Å². The van der Waals surface area contributed by atoms with E-state index >= 15 is 0 Å². The Labute approximate surface area is 243 Å². The Kier molecular flexibility index (Phi) is 9.16. The second-order valence-electron chi connectivity index (χ2n) is 9.20. The third-order valence-corrected chi connectivity index (χ3v) is 8.57. The monoisotopic (exact) mass is 609 g/mol. The molecular formula is C28H29Cl2NO8S. The molecule has 1 aliphatic heterocycles. The Morgan fingerprint density at radius 3 is 2.27 bits per heavy atom. The third kappa shape index (κ3) is 6.16. The minimum Gasteiger partial charge on any atom is -0.493 e. The molecule has 12 heteroatoms. The number of benzene rings is 3. The van der Waals surface area contributed by atoms with Crippen LogP contribution >= 0.6 is 23.2 Å². The maximum atomic E-state index is 13.8. The molecule has 1 N–H and O–H groups in total. The number of methoxy groups -OCH3 is 3. The number of halogens is 2. The van der Waals surface area contributed by atoms with Crippen molar-refractivity contribution < 1.29 is 36.7 Å². The highest BCUT2D eigenvalue weighted by molar-refractivity contribution is 7.85. The minimum absolute atomic E-state index is 0.133. The van der Waals surface area contributed by atoms with Crippen LogP contribution in [0.15, 0.2) is 59.5 Å². The minimum atomic E-state index is -4.44. The Bertz CT molecular complexity index is 1490. The molecule has 3 aromatic rings. The van der Waals surface area contributed by atoms with Crippen molar-refractivity contribution in [3.63, 3.8) is 0 Å². The molecular weight excluding hydrogens is 581 g/mol. The van der Waals surface area contributed by atoms with Gasteiger partial charge in [0, 0.05) is 12.1 Å². The maximum absolute atomic E-state index is 13.8. The van der Waals surface area contributed by atoms with Crippen molar-refractivity contribution in [2.75, 3.05) is 41.0 Å². The van der Waals surface area contributed by atoms with Crippen LogP contribution in [0.25, 0.3) is 0 Å². The highest BCUT2D eigenvalue weighted by Crippen LogP contribution is 2.41. The summed E-state index contributed by atoms with van der Waals surface area (Å²) in [6.45, 7) is 0.644. The first-order chi connectivity index (χ1) is 19.0. The summed E-state index contributed by atoms with van der Waals surface area (Å²) in [4.78, 5) is 15.3. The number of aryl methyl sites for hydroxylation is 1. The molecule has 0 saturated carbocycles. The van der Waals surface area contributed by atoms with Crippen LogP contribution in [-0.2, 0) is 26.9 Å². The Morgan fingerprint density at radius 1 is 1.00 bits per heavy atom. The molecule has 1 aliphatic rings. The molecule has 0 bridgehead atoms. The van der Waals surface area contributed by atoms with Gasteiger partial charge >= 0.3 is 0 Å². The molecule has 3 aromatic carbocycles. The molecule has 214 valence electrons. The second kappa shape index (κ2) is 12.2. The lowest BCUT2D eigenvalue weighted by molar-refractivity contribution is -0.110. The number of rotatable bonds is 9. The molecule has 0 unspecified atom stereocenters. The fraction of sp³-hybridized carbons (Fsp3) is 0.321. The van der Waals surface area contributed by atoms with Crippen molar-refractivity contribution in [1.29, 1.82) is 0 Å². The molecule has 9 nitrogen and oxygen atoms in total. The molecule has 1 heterocycles. The van der Waals surface area contributed by atoms with Gasteiger partial charge in [0.25, 0.3) is 16.0 Å². The molecule has 0 aromatic heterocycles. The fourth-order valence-electron chi connectivity index (χ4n) is 4.89. The summed E-state index contributed by atoms with van der Waals surface area (Å²) in [5, 5.41) is 0.673. The van der Waals surface area contributed by atoms with Crippen molar-refractivity contribution in [3.05, 3.63) is 81.3 Å². The lowest BCUT2D eigenvalue weighted by Gasteiger charge is -2.43. The van der Waals surface area contributed by atoms with Gasteiger partial charge in [-0.3, -0.25) is 9.35 Å². The first-order valence-electron chi connectivity index (χ1n) is 12.3. The smallest absolute Gasteiger partial charge is 0.294 e. The van der Waals surface area contributed by atoms with E-state index in [1.807, 2.05) is 0 Å². The molecule has 1 amide bonds. The molecule has 40 heavy (non-hydrogen) atoms. The summed E-state index contributed by atoms with van der Waals surface area (Å²) in [5.41, 5.74) is 0.362. The van der Waals surface area contributed by atoms with Crippen LogP contribution in [0.1, 0.15) is 27.9 Å². The summed E-state index contributed by atoms with van der Waals surface area (Å²) < 4.78 is 56.3. The Morgan fingerprint density at radius 2 is 1.68 bits per heavy atom. The van der Waals surface area contributed by atoms with Gasteiger partial charge in [-0.1, -0.05) is 47.5 Å². The van der Waals surface area contributed by atoms with Crippen LogP contribution in [0.3, 0.4) is 0 Å². The van der Waals surface area contributed by atoms with Gasteiger partial charge in [0.1, 0.15) is 5.60 Å². The molecule has 0 radical (unpaired) electrons. The average Bonchev–Trinajstić information content (AvgIpc) is 2.96. The highest BCUT2D eigenvalue weighted by atomic mass is 35.5. The molecule has 1 saturated heterocycles. The normalized spacial score (nSPS) is 17.4. The van der Waals surface area contributed by atoms with E-state index < -0.39 is 15.7 Å². The van der Waals surface area contributed by atoms with E-state index in [2.05, 4.69) is 0 Å². The highest BCUT2D eigenvalue weighted by Gasteiger charge is 2.41. The predicted octanol–water partition coefficient (Wildman–Crippen LogP) is 5.27. The van der Waals surface area contributed by atoms with Gasteiger partial charge in [0.05, 0.1) is 49.4 Å². The van der Waals surface area contributed by atoms with Gasteiger partial charge < -0.3 is 23.8 Å². The summed E-state index contributed by atoms with van der Waals surface area (Å²) in [7, 11) is -0.0141. The topological polar surface area (TPSA) is 112 Å². The van der Waals surface area contributed by atoms with Crippen molar-refractivity contribution in [2.24, 2.45) is 0 Å². The number of morpholine rings is 1. The van der Waals surface area contributed by atoms with E-state index in [0.717, 1.165) is 0 Å². The van der Waals surface area contributed by atoms with Gasteiger partial charge in [0.15, 0.2) is 11.5 Å². The second-order valence-corrected chi connectivity index (χ2v) is 11.4. The third-order valence-electron chi connectivity index (χ3n) is 6.88. The van der Waals surface area contributed by atoms with Crippen molar-refractivity contribution >= 4 is 39.2 Å². The van der Waals surface area contributed by atoms with E-state index in [-0.39, 0.29) is 36.8 Å². The number of hydrogen-bond acceptors (Lipinski definition) is 7.